The molecule has 2 N–H and O–H groups in total. The Balaban J connectivity index is 1.40. The van der Waals surface area contributed by atoms with Crippen LogP contribution in [0.5, 0.6) is 5.75 Å². The number of hydrogen-bond donors (Lipinski definition) is 2. The van der Waals surface area contributed by atoms with E-state index in [9.17, 15) is 9.59 Å². The molecular formula is C25H25N3O3. The molecule has 3 amide bonds. The average molecular weight is 415 g/mol. The van der Waals surface area contributed by atoms with Crippen LogP contribution >= 0.6 is 0 Å². The third-order valence-electron chi connectivity index (χ3n) is 5.26. The highest BCUT2D eigenvalue weighted by atomic mass is 16.5. The Morgan fingerprint density at radius 3 is 2.58 bits per heavy atom. The maximum absolute atomic E-state index is 12.7. The first-order chi connectivity index (χ1) is 15.1. The van der Waals surface area contributed by atoms with Crippen molar-refractivity contribution < 1.29 is 14.3 Å². The zero-order chi connectivity index (χ0) is 21.6. The number of carbonyl (C=O) groups is 2. The number of ether oxygens (including phenoxy) is 1. The topological polar surface area (TPSA) is 70.7 Å². The predicted octanol–water partition coefficient (Wildman–Crippen LogP) is 4.03. The molecule has 1 heterocycles. The zero-order valence-electron chi connectivity index (χ0n) is 17.4. The van der Waals surface area contributed by atoms with Gasteiger partial charge in [-0.2, -0.15) is 0 Å². The van der Waals surface area contributed by atoms with Crippen LogP contribution in [0.15, 0.2) is 72.8 Å². The van der Waals surface area contributed by atoms with E-state index in [4.69, 9.17) is 4.74 Å². The maximum Gasteiger partial charge on any atom is 0.322 e. The van der Waals surface area contributed by atoms with Gasteiger partial charge in [0.1, 0.15) is 12.4 Å². The molecule has 158 valence electrons. The van der Waals surface area contributed by atoms with E-state index >= 15 is 0 Å². The van der Waals surface area contributed by atoms with Crippen LogP contribution in [-0.2, 0) is 13.2 Å². The molecule has 0 aliphatic carbocycles. The molecule has 4 rings (SSSR count). The number of urea groups is 1. The van der Waals surface area contributed by atoms with Gasteiger partial charge in [-0.1, -0.05) is 48.5 Å². The molecule has 0 unspecified atom stereocenters. The van der Waals surface area contributed by atoms with E-state index < -0.39 is 0 Å². The summed E-state index contributed by atoms with van der Waals surface area (Å²) in [5, 5.41) is 5.76. The summed E-state index contributed by atoms with van der Waals surface area (Å²) in [6, 6.07) is 23.0. The molecule has 3 aromatic rings. The molecular weight excluding hydrogens is 390 g/mol. The second kappa shape index (κ2) is 9.34. The molecule has 31 heavy (non-hydrogen) atoms. The normalized spacial score (nSPS) is 13.1. The lowest BCUT2D eigenvalue weighted by atomic mass is 10.1. The molecule has 3 aromatic carbocycles. The Kier molecular flexibility index (Phi) is 6.17. The Bertz CT molecular complexity index is 1080. The molecule has 0 atom stereocenters. The Morgan fingerprint density at radius 1 is 1.06 bits per heavy atom. The highest BCUT2D eigenvalue weighted by molar-refractivity contribution is 5.97. The van der Waals surface area contributed by atoms with Gasteiger partial charge in [-0.15, -0.1) is 0 Å². The van der Waals surface area contributed by atoms with Crippen molar-refractivity contribution in [3.8, 4) is 5.75 Å². The van der Waals surface area contributed by atoms with Crippen molar-refractivity contribution in [1.29, 1.82) is 0 Å². The van der Waals surface area contributed by atoms with Gasteiger partial charge >= 0.3 is 6.03 Å². The fourth-order valence-electron chi connectivity index (χ4n) is 3.60. The summed E-state index contributed by atoms with van der Waals surface area (Å²) in [7, 11) is 0. The standard InChI is InChI=1S/C25H25N3O3/c1-18-15-20(11-12-22(18)28-14-13-26-25(28)30)24(29)27-16-21-9-5-6-10-23(21)31-17-19-7-3-2-4-8-19/h2-12,15H,13-14,16-17H2,1H3,(H,26,30)(H,27,29). The van der Waals surface area contributed by atoms with Gasteiger partial charge in [0.25, 0.3) is 5.91 Å². The van der Waals surface area contributed by atoms with Crippen molar-refractivity contribution in [3.05, 3.63) is 95.1 Å². The number of nitrogens with one attached hydrogen (secondary N) is 2. The summed E-state index contributed by atoms with van der Waals surface area (Å²) in [6.07, 6.45) is 0. The minimum Gasteiger partial charge on any atom is -0.489 e. The summed E-state index contributed by atoms with van der Waals surface area (Å²) in [6.45, 7) is 4.00. The lowest BCUT2D eigenvalue weighted by molar-refractivity contribution is 0.0950. The number of benzene rings is 3. The molecule has 6 nitrogen and oxygen atoms in total. The van der Waals surface area contributed by atoms with E-state index in [1.807, 2.05) is 73.7 Å². The first kappa shape index (κ1) is 20.5. The van der Waals surface area contributed by atoms with Crippen molar-refractivity contribution in [1.82, 2.24) is 10.6 Å². The summed E-state index contributed by atoms with van der Waals surface area (Å²) < 4.78 is 5.97. The molecule has 1 fully saturated rings. The van der Waals surface area contributed by atoms with Gasteiger partial charge in [0.2, 0.25) is 0 Å². The van der Waals surface area contributed by atoms with Crippen molar-refractivity contribution in [2.75, 3.05) is 18.0 Å². The van der Waals surface area contributed by atoms with Crippen LogP contribution in [0.2, 0.25) is 0 Å². The average Bonchev–Trinajstić information content (AvgIpc) is 3.22. The number of carbonyl (C=O) groups excluding carboxylic acids is 2. The van der Waals surface area contributed by atoms with Crippen LogP contribution in [-0.4, -0.2) is 25.0 Å². The minimum atomic E-state index is -0.168. The summed E-state index contributed by atoms with van der Waals surface area (Å²) >= 11 is 0. The van der Waals surface area contributed by atoms with Gasteiger partial charge in [0, 0.05) is 36.4 Å². The number of para-hydroxylation sites is 1. The van der Waals surface area contributed by atoms with E-state index in [1.54, 1.807) is 11.0 Å². The number of rotatable bonds is 7. The van der Waals surface area contributed by atoms with Gasteiger partial charge in [-0.3, -0.25) is 9.69 Å². The summed E-state index contributed by atoms with van der Waals surface area (Å²) in [5.74, 6) is 0.580. The number of anilines is 1. The quantitative estimate of drug-likeness (QED) is 0.612. The molecule has 1 saturated heterocycles. The predicted molar refractivity (Wildman–Crippen MR) is 120 cm³/mol. The molecule has 0 aromatic heterocycles. The highest BCUT2D eigenvalue weighted by Gasteiger charge is 2.23. The van der Waals surface area contributed by atoms with Gasteiger partial charge < -0.3 is 15.4 Å². The third-order valence-corrected chi connectivity index (χ3v) is 5.26. The van der Waals surface area contributed by atoms with Crippen LogP contribution in [0.1, 0.15) is 27.0 Å². The molecule has 6 heteroatoms. The molecule has 0 spiro atoms. The van der Waals surface area contributed by atoms with Gasteiger partial charge in [-0.05, 0) is 42.3 Å². The lowest BCUT2D eigenvalue weighted by Crippen LogP contribution is -2.28. The zero-order valence-corrected chi connectivity index (χ0v) is 17.4. The first-order valence-corrected chi connectivity index (χ1v) is 10.3. The molecule has 1 aliphatic heterocycles. The van der Waals surface area contributed by atoms with Crippen molar-refractivity contribution in [2.24, 2.45) is 0 Å². The highest BCUT2D eigenvalue weighted by Crippen LogP contribution is 2.23. The van der Waals surface area contributed by atoms with E-state index in [0.717, 1.165) is 28.1 Å². The molecule has 0 saturated carbocycles. The minimum absolute atomic E-state index is 0.104. The number of amides is 3. The Hall–Kier alpha value is -3.80. The fourth-order valence-corrected chi connectivity index (χ4v) is 3.60. The van der Waals surface area contributed by atoms with Gasteiger partial charge in [-0.25, -0.2) is 4.79 Å². The number of hydrogen-bond acceptors (Lipinski definition) is 3. The van der Waals surface area contributed by atoms with E-state index in [2.05, 4.69) is 10.6 Å². The van der Waals surface area contributed by atoms with Crippen LogP contribution < -0.4 is 20.3 Å². The van der Waals surface area contributed by atoms with Crippen molar-refractivity contribution >= 4 is 17.6 Å². The second-order valence-corrected chi connectivity index (χ2v) is 7.45. The molecule has 1 aliphatic rings. The monoisotopic (exact) mass is 415 g/mol. The second-order valence-electron chi connectivity index (χ2n) is 7.45. The smallest absolute Gasteiger partial charge is 0.322 e. The lowest BCUT2D eigenvalue weighted by Gasteiger charge is -2.18. The SMILES string of the molecule is Cc1cc(C(=O)NCc2ccccc2OCc2ccccc2)ccc1N1CCNC1=O. The van der Waals surface area contributed by atoms with Gasteiger partial charge in [0.15, 0.2) is 0 Å². The summed E-state index contributed by atoms with van der Waals surface area (Å²) in [5.41, 5.74) is 4.27. The first-order valence-electron chi connectivity index (χ1n) is 10.3. The molecule has 0 bridgehead atoms. The van der Waals surface area contributed by atoms with Crippen molar-refractivity contribution in [3.63, 3.8) is 0 Å². The number of nitrogens with zero attached hydrogens (tertiary/aromatic N) is 1. The van der Waals surface area contributed by atoms with E-state index in [0.29, 0.717) is 31.8 Å². The van der Waals surface area contributed by atoms with Crippen molar-refractivity contribution in [2.45, 2.75) is 20.1 Å². The van der Waals surface area contributed by atoms with Crippen LogP contribution in [0.3, 0.4) is 0 Å². The van der Waals surface area contributed by atoms with E-state index in [1.165, 1.54) is 0 Å². The maximum atomic E-state index is 12.7. The molecule has 0 radical (unpaired) electrons. The summed E-state index contributed by atoms with van der Waals surface area (Å²) in [4.78, 5) is 26.3. The van der Waals surface area contributed by atoms with E-state index in [-0.39, 0.29) is 11.9 Å². The Morgan fingerprint density at radius 2 is 1.84 bits per heavy atom. The van der Waals surface area contributed by atoms with Crippen LogP contribution in [0.4, 0.5) is 10.5 Å². The fraction of sp³-hybridized carbons (Fsp3) is 0.200. The Labute approximate surface area is 181 Å². The third kappa shape index (κ3) is 4.86. The number of aryl methyl sites for hydroxylation is 1. The van der Waals surface area contributed by atoms with Crippen LogP contribution in [0, 0.1) is 6.92 Å². The largest absolute Gasteiger partial charge is 0.489 e. The van der Waals surface area contributed by atoms with Gasteiger partial charge in [0.05, 0.1) is 0 Å². The van der Waals surface area contributed by atoms with Crippen LogP contribution in [0.25, 0.3) is 0 Å².